The van der Waals surface area contributed by atoms with Crippen molar-refractivity contribution >= 4 is 21.7 Å². The first-order valence-corrected chi connectivity index (χ1v) is 9.65. The monoisotopic (exact) mass is 348 g/mol. The third kappa shape index (κ3) is 3.82. The quantitative estimate of drug-likeness (QED) is 0.879. The first-order chi connectivity index (χ1) is 11.4. The van der Waals surface area contributed by atoms with Crippen LogP contribution >= 0.6 is 0 Å². The van der Waals surface area contributed by atoms with Crippen LogP contribution in [-0.4, -0.2) is 48.2 Å². The summed E-state index contributed by atoms with van der Waals surface area (Å²) in [4.78, 5) is 12.3. The molecule has 2 N–H and O–H groups in total. The molecule has 1 fully saturated rings. The normalized spacial score (nSPS) is 16.9. The lowest BCUT2D eigenvalue weighted by molar-refractivity contribution is -0.120. The number of hydrogen-bond donors (Lipinski definition) is 2. The van der Waals surface area contributed by atoms with E-state index in [0.29, 0.717) is 31.7 Å². The lowest BCUT2D eigenvalue weighted by atomic mass is 9.97. The number of amides is 1. The third-order valence-electron chi connectivity index (χ3n) is 4.21. The van der Waals surface area contributed by atoms with Crippen LogP contribution in [0.5, 0.6) is 0 Å². The van der Waals surface area contributed by atoms with Crippen molar-refractivity contribution in [2.75, 3.05) is 24.7 Å². The van der Waals surface area contributed by atoms with E-state index in [1.165, 1.54) is 10.6 Å². The first kappa shape index (κ1) is 16.7. The molecule has 128 valence electrons. The number of sulfonamides is 1. The van der Waals surface area contributed by atoms with Gasteiger partial charge in [-0.2, -0.15) is 5.10 Å². The number of anilines is 1. The fourth-order valence-electron chi connectivity index (χ4n) is 2.83. The van der Waals surface area contributed by atoms with Crippen molar-refractivity contribution in [3.8, 4) is 11.3 Å². The highest BCUT2D eigenvalue weighted by molar-refractivity contribution is 7.88. The molecule has 1 amide bonds. The van der Waals surface area contributed by atoms with Gasteiger partial charge in [-0.05, 0) is 18.4 Å². The van der Waals surface area contributed by atoms with Gasteiger partial charge in [0.15, 0.2) is 5.82 Å². The Kier molecular flexibility index (Phi) is 4.68. The molecule has 2 aromatic rings. The van der Waals surface area contributed by atoms with Crippen LogP contribution in [0.3, 0.4) is 0 Å². The summed E-state index contributed by atoms with van der Waals surface area (Å²) in [5.74, 6) is 0.165. The molecule has 0 unspecified atom stereocenters. The van der Waals surface area contributed by atoms with E-state index in [-0.39, 0.29) is 11.8 Å². The fourth-order valence-corrected chi connectivity index (χ4v) is 3.70. The number of benzene rings is 1. The fraction of sp³-hybridized carbons (Fsp3) is 0.375. The van der Waals surface area contributed by atoms with E-state index in [2.05, 4.69) is 15.5 Å². The highest BCUT2D eigenvalue weighted by Crippen LogP contribution is 2.22. The topological polar surface area (TPSA) is 95.2 Å². The van der Waals surface area contributed by atoms with Gasteiger partial charge in [-0.15, -0.1) is 0 Å². The van der Waals surface area contributed by atoms with Gasteiger partial charge in [0.25, 0.3) is 0 Å². The maximum Gasteiger partial charge on any atom is 0.228 e. The van der Waals surface area contributed by atoms with E-state index >= 15 is 0 Å². The summed E-state index contributed by atoms with van der Waals surface area (Å²) in [6.07, 6.45) is 2.24. The van der Waals surface area contributed by atoms with Gasteiger partial charge in [0.1, 0.15) is 0 Å². The zero-order valence-electron chi connectivity index (χ0n) is 13.4. The maximum atomic E-state index is 12.3. The standard InChI is InChI=1S/C16H20N4O3S/c1-24(22,23)20-9-7-13(8-10-20)16(21)17-15-11-14(18-19-15)12-5-3-2-4-6-12/h2-6,11,13H,7-10H2,1H3,(H2,17,18,19,21). The number of aromatic nitrogens is 2. The molecule has 0 radical (unpaired) electrons. The maximum absolute atomic E-state index is 12.3. The number of nitrogens with one attached hydrogen (secondary N) is 2. The van der Waals surface area contributed by atoms with Gasteiger partial charge in [0.2, 0.25) is 15.9 Å². The number of rotatable bonds is 4. The molecule has 7 nitrogen and oxygen atoms in total. The summed E-state index contributed by atoms with van der Waals surface area (Å²) in [6.45, 7) is 0.763. The molecule has 0 saturated carbocycles. The number of carbonyl (C=O) groups excluding carboxylic acids is 1. The van der Waals surface area contributed by atoms with Gasteiger partial charge < -0.3 is 5.32 Å². The Morgan fingerprint density at radius 1 is 1.25 bits per heavy atom. The van der Waals surface area contributed by atoms with Crippen molar-refractivity contribution in [1.29, 1.82) is 0 Å². The Morgan fingerprint density at radius 2 is 1.92 bits per heavy atom. The van der Waals surface area contributed by atoms with Crippen LogP contribution in [0.1, 0.15) is 12.8 Å². The highest BCUT2D eigenvalue weighted by atomic mass is 32.2. The van der Waals surface area contributed by atoms with E-state index in [1.54, 1.807) is 6.07 Å². The average Bonchev–Trinajstić information content (AvgIpc) is 3.03. The molecular weight excluding hydrogens is 328 g/mol. The Balaban J connectivity index is 1.59. The van der Waals surface area contributed by atoms with Crippen LogP contribution < -0.4 is 5.32 Å². The van der Waals surface area contributed by atoms with Crippen molar-refractivity contribution in [2.24, 2.45) is 5.92 Å². The molecule has 0 aliphatic carbocycles. The molecule has 1 aliphatic heterocycles. The van der Waals surface area contributed by atoms with Gasteiger partial charge in [-0.25, -0.2) is 12.7 Å². The molecule has 0 bridgehead atoms. The van der Waals surface area contributed by atoms with Gasteiger partial charge in [0.05, 0.1) is 11.9 Å². The van der Waals surface area contributed by atoms with Crippen LogP contribution in [0.2, 0.25) is 0 Å². The van der Waals surface area contributed by atoms with Crippen LogP contribution in [0, 0.1) is 5.92 Å². The molecule has 3 rings (SSSR count). The largest absolute Gasteiger partial charge is 0.309 e. The molecule has 1 aliphatic rings. The van der Waals surface area contributed by atoms with Gasteiger partial charge in [-0.3, -0.25) is 9.89 Å². The molecule has 8 heteroatoms. The van der Waals surface area contributed by atoms with Gasteiger partial charge in [-0.1, -0.05) is 30.3 Å². The number of piperidine rings is 1. The smallest absolute Gasteiger partial charge is 0.228 e. The van der Waals surface area contributed by atoms with Crippen molar-refractivity contribution < 1.29 is 13.2 Å². The number of nitrogens with zero attached hydrogens (tertiary/aromatic N) is 2. The minimum Gasteiger partial charge on any atom is -0.309 e. The van der Waals surface area contributed by atoms with Gasteiger partial charge >= 0.3 is 0 Å². The van der Waals surface area contributed by atoms with E-state index in [1.807, 2.05) is 30.3 Å². The number of H-pyrrole nitrogens is 1. The van der Waals surface area contributed by atoms with E-state index in [9.17, 15) is 13.2 Å². The minimum absolute atomic E-state index is 0.116. The van der Waals surface area contributed by atoms with E-state index < -0.39 is 10.0 Å². The summed E-state index contributed by atoms with van der Waals surface area (Å²) in [6, 6.07) is 11.5. The molecular formula is C16H20N4O3S. The summed E-state index contributed by atoms with van der Waals surface area (Å²) in [7, 11) is -3.18. The molecule has 0 atom stereocenters. The molecule has 1 aromatic carbocycles. The van der Waals surface area contributed by atoms with Crippen molar-refractivity contribution in [1.82, 2.24) is 14.5 Å². The molecule has 1 aromatic heterocycles. The zero-order chi connectivity index (χ0) is 17.2. The zero-order valence-corrected chi connectivity index (χ0v) is 14.2. The third-order valence-corrected chi connectivity index (χ3v) is 5.51. The molecule has 1 saturated heterocycles. The Labute approximate surface area is 141 Å². The van der Waals surface area contributed by atoms with Crippen LogP contribution in [0.25, 0.3) is 11.3 Å². The Hall–Kier alpha value is -2.19. The lowest BCUT2D eigenvalue weighted by Crippen LogP contribution is -2.40. The summed E-state index contributed by atoms with van der Waals surface area (Å²) in [5, 5.41) is 9.83. The van der Waals surface area contributed by atoms with E-state index in [0.717, 1.165) is 11.3 Å². The molecule has 0 spiro atoms. The van der Waals surface area contributed by atoms with Crippen molar-refractivity contribution in [2.45, 2.75) is 12.8 Å². The average molecular weight is 348 g/mol. The van der Waals surface area contributed by atoms with E-state index in [4.69, 9.17) is 0 Å². The second-order valence-corrected chi connectivity index (χ2v) is 7.94. The van der Waals surface area contributed by atoms with Crippen LogP contribution in [0.4, 0.5) is 5.82 Å². The minimum atomic E-state index is -3.18. The lowest BCUT2D eigenvalue weighted by Gasteiger charge is -2.29. The molecule has 2 heterocycles. The highest BCUT2D eigenvalue weighted by Gasteiger charge is 2.29. The number of aromatic amines is 1. The Morgan fingerprint density at radius 3 is 2.54 bits per heavy atom. The first-order valence-electron chi connectivity index (χ1n) is 7.80. The second kappa shape index (κ2) is 6.74. The summed E-state index contributed by atoms with van der Waals surface area (Å²) in [5.41, 5.74) is 1.82. The Bertz CT molecular complexity index is 809. The number of hydrogen-bond acceptors (Lipinski definition) is 4. The van der Waals surface area contributed by atoms with Crippen molar-refractivity contribution in [3.05, 3.63) is 36.4 Å². The van der Waals surface area contributed by atoms with Gasteiger partial charge in [0, 0.05) is 25.1 Å². The number of carbonyl (C=O) groups is 1. The predicted molar refractivity (Wildman–Crippen MR) is 91.8 cm³/mol. The predicted octanol–water partition coefficient (Wildman–Crippen LogP) is 1.69. The van der Waals surface area contributed by atoms with Crippen LogP contribution in [0.15, 0.2) is 36.4 Å². The van der Waals surface area contributed by atoms with Crippen LogP contribution in [-0.2, 0) is 14.8 Å². The summed E-state index contributed by atoms with van der Waals surface area (Å²) >= 11 is 0. The second-order valence-electron chi connectivity index (χ2n) is 5.96. The summed E-state index contributed by atoms with van der Waals surface area (Å²) < 4.78 is 24.4. The van der Waals surface area contributed by atoms with Crippen molar-refractivity contribution in [3.63, 3.8) is 0 Å². The SMILES string of the molecule is CS(=O)(=O)N1CCC(C(=O)Nc2cc(-c3ccccc3)[nH]n2)CC1. The molecule has 24 heavy (non-hydrogen) atoms.